The van der Waals surface area contributed by atoms with Crippen LogP contribution in [0, 0.1) is 10.8 Å². The average Bonchev–Trinajstić information content (AvgIpc) is 2.60. The van der Waals surface area contributed by atoms with Gasteiger partial charge >= 0.3 is 0 Å². The Bertz CT molecular complexity index is 370. The molecule has 0 spiro atoms. The van der Waals surface area contributed by atoms with E-state index in [1.54, 1.807) is 0 Å². The lowest BCUT2D eigenvalue weighted by Gasteiger charge is -2.39. The molecule has 0 aromatic heterocycles. The maximum Gasteiger partial charge on any atom is 0.234 e. The highest BCUT2D eigenvalue weighted by Crippen LogP contribution is 2.37. The third-order valence-electron chi connectivity index (χ3n) is 5.82. The van der Waals surface area contributed by atoms with E-state index >= 15 is 0 Å². The lowest BCUT2D eigenvalue weighted by atomic mass is 9.86. The maximum atomic E-state index is 6.08. The van der Waals surface area contributed by atoms with Crippen molar-refractivity contribution in [1.29, 1.82) is 0 Å². The van der Waals surface area contributed by atoms with Crippen LogP contribution in [0.4, 0.5) is 0 Å². The first-order chi connectivity index (χ1) is 13.0. The second kappa shape index (κ2) is 11.9. The summed E-state index contributed by atoms with van der Waals surface area (Å²) in [5.74, 6) is -0.774. The van der Waals surface area contributed by atoms with Gasteiger partial charge in [-0.3, -0.25) is 0 Å². The van der Waals surface area contributed by atoms with Gasteiger partial charge in [0.1, 0.15) is 0 Å². The average molecular weight is 401 g/mol. The molecule has 0 N–H and O–H groups in total. The van der Waals surface area contributed by atoms with Crippen LogP contribution in [0.3, 0.4) is 0 Å². The Kier molecular flexibility index (Phi) is 11.0. The Morgan fingerprint density at radius 2 is 1.07 bits per heavy atom. The molecule has 1 saturated carbocycles. The van der Waals surface area contributed by atoms with Gasteiger partial charge in [-0.15, -0.1) is 0 Å². The standard InChI is InChI=1S/C24H48O4/c1-9-11-16-20(22(3,4)5)25-27-24(18-14-13-15-19-24)28-26-21(17-12-10-2)23(6,7)8/h20-21H,9-19H2,1-8H3. The molecule has 2 atom stereocenters. The van der Waals surface area contributed by atoms with Crippen molar-refractivity contribution >= 4 is 0 Å². The van der Waals surface area contributed by atoms with E-state index in [9.17, 15) is 0 Å². The molecule has 168 valence electrons. The summed E-state index contributed by atoms with van der Waals surface area (Å²) in [7, 11) is 0. The molecule has 1 rings (SSSR count). The molecule has 0 aromatic rings. The molecule has 0 radical (unpaired) electrons. The molecular weight excluding hydrogens is 352 g/mol. The van der Waals surface area contributed by atoms with Gasteiger partial charge in [0.25, 0.3) is 0 Å². The molecule has 0 heterocycles. The third kappa shape index (κ3) is 9.11. The molecule has 0 amide bonds. The van der Waals surface area contributed by atoms with Gasteiger partial charge in [0.15, 0.2) is 0 Å². The van der Waals surface area contributed by atoms with Crippen LogP contribution in [-0.2, 0) is 19.6 Å². The van der Waals surface area contributed by atoms with Crippen molar-refractivity contribution < 1.29 is 19.6 Å². The maximum absolute atomic E-state index is 6.08. The minimum Gasteiger partial charge on any atom is -0.230 e. The summed E-state index contributed by atoms with van der Waals surface area (Å²) in [6.07, 6.45) is 11.7. The van der Waals surface area contributed by atoms with E-state index < -0.39 is 5.79 Å². The fraction of sp³-hybridized carbons (Fsp3) is 1.00. The van der Waals surface area contributed by atoms with Crippen LogP contribution in [0.1, 0.15) is 126 Å². The molecule has 2 unspecified atom stereocenters. The Morgan fingerprint density at radius 3 is 1.39 bits per heavy atom. The highest BCUT2D eigenvalue weighted by molar-refractivity contribution is 4.77. The van der Waals surface area contributed by atoms with Gasteiger partial charge < -0.3 is 0 Å². The Hall–Kier alpha value is -0.160. The number of rotatable bonds is 12. The number of hydrogen-bond donors (Lipinski definition) is 0. The van der Waals surface area contributed by atoms with Gasteiger partial charge in [-0.2, -0.15) is 9.78 Å². The molecule has 0 bridgehead atoms. The molecule has 1 aliphatic rings. The highest BCUT2D eigenvalue weighted by Gasteiger charge is 2.41. The Labute approximate surface area is 174 Å². The van der Waals surface area contributed by atoms with E-state index in [2.05, 4.69) is 55.4 Å². The van der Waals surface area contributed by atoms with Crippen molar-refractivity contribution in [1.82, 2.24) is 0 Å². The lowest BCUT2D eigenvalue weighted by Crippen LogP contribution is -2.43. The molecule has 0 aromatic carbocycles. The first-order valence-corrected chi connectivity index (χ1v) is 11.7. The van der Waals surface area contributed by atoms with Gasteiger partial charge in [-0.1, -0.05) is 87.5 Å². The number of unbranched alkanes of at least 4 members (excludes halogenated alkanes) is 2. The summed E-state index contributed by atoms with van der Waals surface area (Å²) in [6, 6.07) is 0. The minimum atomic E-state index is -0.774. The van der Waals surface area contributed by atoms with Crippen LogP contribution in [0.15, 0.2) is 0 Å². The van der Waals surface area contributed by atoms with Crippen LogP contribution in [0.2, 0.25) is 0 Å². The van der Waals surface area contributed by atoms with Crippen molar-refractivity contribution in [2.75, 3.05) is 0 Å². The molecule has 4 heteroatoms. The summed E-state index contributed by atoms with van der Waals surface area (Å²) < 4.78 is 0. The van der Waals surface area contributed by atoms with Crippen molar-refractivity contribution in [3.63, 3.8) is 0 Å². The summed E-state index contributed by atoms with van der Waals surface area (Å²) in [5, 5.41) is 0. The second-order valence-electron chi connectivity index (χ2n) is 10.8. The van der Waals surface area contributed by atoms with Crippen molar-refractivity contribution in [2.24, 2.45) is 10.8 Å². The molecular formula is C24H48O4. The zero-order valence-corrected chi connectivity index (χ0v) is 20.1. The van der Waals surface area contributed by atoms with Gasteiger partial charge in [0, 0.05) is 12.8 Å². The highest BCUT2D eigenvalue weighted by atomic mass is 17.3. The predicted molar refractivity (Wildman–Crippen MR) is 116 cm³/mol. The van der Waals surface area contributed by atoms with Crippen molar-refractivity contribution in [2.45, 2.75) is 144 Å². The number of hydrogen-bond acceptors (Lipinski definition) is 4. The zero-order chi connectivity index (χ0) is 21.3. The second-order valence-corrected chi connectivity index (χ2v) is 10.8. The van der Waals surface area contributed by atoms with E-state index in [1.807, 2.05) is 0 Å². The predicted octanol–water partition coefficient (Wildman–Crippen LogP) is 7.75. The SMILES string of the molecule is CCCCC(OOC1(OOC(CCCC)C(C)(C)C)CCCCC1)C(C)(C)C. The lowest BCUT2D eigenvalue weighted by molar-refractivity contribution is -0.539. The topological polar surface area (TPSA) is 36.9 Å². The van der Waals surface area contributed by atoms with Crippen LogP contribution >= 0.6 is 0 Å². The van der Waals surface area contributed by atoms with Crippen LogP contribution in [0.5, 0.6) is 0 Å². The van der Waals surface area contributed by atoms with Crippen molar-refractivity contribution in [3.8, 4) is 0 Å². The first kappa shape index (κ1) is 25.9. The zero-order valence-electron chi connectivity index (χ0n) is 20.1. The van der Waals surface area contributed by atoms with E-state index in [0.717, 1.165) is 64.2 Å². The van der Waals surface area contributed by atoms with Gasteiger partial charge in [-0.25, -0.2) is 9.78 Å². The Morgan fingerprint density at radius 1 is 0.679 bits per heavy atom. The van der Waals surface area contributed by atoms with E-state index in [4.69, 9.17) is 19.6 Å². The fourth-order valence-corrected chi connectivity index (χ4v) is 3.59. The molecule has 4 nitrogen and oxygen atoms in total. The minimum absolute atomic E-state index is 0.0287. The monoisotopic (exact) mass is 400 g/mol. The largest absolute Gasteiger partial charge is 0.234 e. The molecule has 0 aliphatic heterocycles. The quantitative estimate of drug-likeness (QED) is 0.191. The fourth-order valence-electron chi connectivity index (χ4n) is 3.59. The summed E-state index contributed by atoms with van der Waals surface area (Å²) >= 11 is 0. The smallest absolute Gasteiger partial charge is 0.230 e. The van der Waals surface area contributed by atoms with E-state index in [-0.39, 0.29) is 23.0 Å². The Balaban J connectivity index is 2.78. The van der Waals surface area contributed by atoms with Gasteiger partial charge in [-0.05, 0) is 36.5 Å². The van der Waals surface area contributed by atoms with Crippen molar-refractivity contribution in [3.05, 3.63) is 0 Å². The van der Waals surface area contributed by atoms with Crippen LogP contribution in [-0.4, -0.2) is 18.0 Å². The van der Waals surface area contributed by atoms with Crippen LogP contribution < -0.4 is 0 Å². The van der Waals surface area contributed by atoms with Crippen LogP contribution in [0.25, 0.3) is 0 Å². The summed E-state index contributed by atoms with van der Waals surface area (Å²) in [6.45, 7) is 17.7. The molecule has 28 heavy (non-hydrogen) atoms. The molecule has 1 fully saturated rings. The molecule has 1 aliphatic carbocycles. The van der Waals surface area contributed by atoms with E-state index in [0.29, 0.717) is 0 Å². The summed E-state index contributed by atoms with van der Waals surface area (Å²) in [4.78, 5) is 24.2. The molecule has 0 saturated heterocycles. The summed E-state index contributed by atoms with van der Waals surface area (Å²) in [5.41, 5.74) is 0.0575. The van der Waals surface area contributed by atoms with E-state index in [1.165, 1.54) is 6.42 Å². The normalized spacial score (nSPS) is 20.1. The van der Waals surface area contributed by atoms with Gasteiger partial charge in [0.05, 0.1) is 12.2 Å². The van der Waals surface area contributed by atoms with Gasteiger partial charge in [0.2, 0.25) is 5.79 Å². The third-order valence-corrected chi connectivity index (χ3v) is 5.82. The first-order valence-electron chi connectivity index (χ1n) is 11.7.